The topological polar surface area (TPSA) is 84.5 Å². The second-order valence-corrected chi connectivity index (χ2v) is 4.24. The van der Waals surface area contributed by atoms with Crippen LogP contribution in [0, 0.1) is 0 Å². The lowest BCUT2D eigenvalue weighted by molar-refractivity contribution is -0.708. The molecule has 7 heteroatoms. The summed E-state index contributed by atoms with van der Waals surface area (Å²) in [6.07, 6.45) is 0. The molecule has 2 rings (SSSR count). The lowest BCUT2D eigenvalue weighted by Crippen LogP contribution is -2.43. The summed E-state index contributed by atoms with van der Waals surface area (Å²) in [5, 5.41) is 4.20. The van der Waals surface area contributed by atoms with E-state index >= 15 is 0 Å². The molecule has 0 unspecified atom stereocenters. The van der Waals surface area contributed by atoms with Crippen LogP contribution in [0.5, 0.6) is 0 Å². The molecule has 0 fully saturated rings. The van der Waals surface area contributed by atoms with Crippen molar-refractivity contribution >= 4 is 11.2 Å². The van der Waals surface area contributed by atoms with Crippen LogP contribution in [0.3, 0.4) is 0 Å². The van der Waals surface area contributed by atoms with Gasteiger partial charge in [-0.3, -0.25) is 4.79 Å². The van der Waals surface area contributed by atoms with Gasteiger partial charge in [0, 0.05) is 13.0 Å². The maximum atomic E-state index is 11.9. The first-order valence-corrected chi connectivity index (χ1v) is 5.29. The van der Waals surface area contributed by atoms with Crippen LogP contribution >= 0.6 is 0 Å². The van der Waals surface area contributed by atoms with E-state index in [4.69, 9.17) is 0 Å². The molecule has 0 saturated heterocycles. The molecular weight excluding hydrogens is 222 g/mol. The molecule has 0 saturated carbocycles. The quantitative estimate of drug-likeness (QED) is 0.641. The third-order valence-corrected chi connectivity index (χ3v) is 2.58. The van der Waals surface area contributed by atoms with Gasteiger partial charge in [0.25, 0.3) is 5.56 Å². The molecule has 0 aliphatic rings. The van der Waals surface area contributed by atoms with Gasteiger partial charge in [-0.2, -0.15) is 4.98 Å². The molecular formula is C10H14N5O2+. The van der Waals surface area contributed by atoms with Crippen molar-refractivity contribution in [2.24, 2.45) is 14.1 Å². The summed E-state index contributed by atoms with van der Waals surface area (Å²) in [5.41, 5.74) is -0.321. The molecule has 0 atom stereocenters. The fourth-order valence-electron chi connectivity index (χ4n) is 1.52. The van der Waals surface area contributed by atoms with Crippen molar-refractivity contribution in [2.75, 3.05) is 0 Å². The van der Waals surface area contributed by atoms with Crippen molar-refractivity contribution in [3.8, 4) is 0 Å². The molecule has 0 amide bonds. The first-order valence-electron chi connectivity index (χ1n) is 5.29. The molecule has 7 nitrogen and oxygen atoms in total. The Balaban J connectivity index is 2.98. The smallest absolute Gasteiger partial charge is 0.266 e. The number of hydrogen-bond donors (Lipinski definition) is 1. The van der Waals surface area contributed by atoms with Crippen LogP contribution in [0.1, 0.15) is 25.6 Å². The van der Waals surface area contributed by atoms with Crippen LogP contribution < -0.4 is 15.9 Å². The van der Waals surface area contributed by atoms with Crippen molar-refractivity contribution < 1.29 is 4.68 Å². The molecule has 0 bridgehead atoms. The van der Waals surface area contributed by atoms with E-state index in [-0.39, 0.29) is 11.4 Å². The summed E-state index contributed by atoms with van der Waals surface area (Å²) in [5.74, 6) is 0.686. The molecule has 90 valence electrons. The van der Waals surface area contributed by atoms with Crippen LogP contribution in [0.4, 0.5) is 0 Å². The minimum atomic E-state index is -0.473. The van der Waals surface area contributed by atoms with Crippen molar-refractivity contribution in [1.29, 1.82) is 0 Å². The van der Waals surface area contributed by atoms with Gasteiger partial charge in [-0.25, -0.2) is 14.3 Å². The third-order valence-electron chi connectivity index (χ3n) is 2.58. The summed E-state index contributed by atoms with van der Waals surface area (Å²) in [6.45, 7) is 3.88. The molecule has 17 heavy (non-hydrogen) atoms. The molecule has 1 N–H and O–H groups in total. The highest BCUT2D eigenvalue weighted by Crippen LogP contribution is 2.07. The fourth-order valence-corrected chi connectivity index (χ4v) is 1.52. The van der Waals surface area contributed by atoms with E-state index in [0.29, 0.717) is 11.5 Å². The summed E-state index contributed by atoms with van der Waals surface area (Å²) in [4.78, 5) is 30.2. The Labute approximate surface area is 96.7 Å². The van der Waals surface area contributed by atoms with Gasteiger partial charge in [-0.1, -0.05) is 18.9 Å². The molecule has 0 aliphatic carbocycles. The normalized spacial score (nSPS) is 11.4. The molecule has 2 heterocycles. The Morgan fingerprint density at radius 1 is 1.35 bits per heavy atom. The first-order chi connectivity index (χ1) is 7.91. The molecule has 2 aromatic heterocycles. The summed E-state index contributed by atoms with van der Waals surface area (Å²) < 4.78 is 2.47. The Bertz CT molecular complexity index is 698. The molecule has 0 spiro atoms. The largest absolute Gasteiger partial charge is 0.416 e. The number of fused-ring (bicyclic) bond motifs is 1. The fraction of sp³-hybridized carbons (Fsp3) is 0.500. The number of aromatic nitrogens is 5. The van der Waals surface area contributed by atoms with E-state index < -0.39 is 11.2 Å². The average Bonchev–Trinajstić information content (AvgIpc) is 2.27. The van der Waals surface area contributed by atoms with E-state index in [1.807, 2.05) is 13.8 Å². The second kappa shape index (κ2) is 3.76. The number of aryl methyl sites for hydroxylation is 1. The minimum Gasteiger partial charge on any atom is -0.266 e. The van der Waals surface area contributed by atoms with E-state index in [1.165, 1.54) is 11.7 Å². The average molecular weight is 236 g/mol. The van der Waals surface area contributed by atoms with Crippen molar-refractivity contribution in [3.05, 3.63) is 26.7 Å². The Morgan fingerprint density at radius 3 is 2.59 bits per heavy atom. The SMILES string of the molecule is CC(C)c1nc2c(=O)n(C)c(=O)[nH]c2[n+](C)n1. The lowest BCUT2D eigenvalue weighted by Gasteiger charge is -2.03. The lowest BCUT2D eigenvalue weighted by atomic mass is 10.2. The standard InChI is InChI=1S/C10H13N5O2/c1-5(2)7-11-6-8(15(4)13-7)12-10(17)14(3)9(6)16/h5H,1-4H3/p+1. The molecule has 0 aliphatic heterocycles. The zero-order chi connectivity index (χ0) is 12.7. The first kappa shape index (κ1) is 11.4. The number of nitrogens with zero attached hydrogens (tertiary/aromatic N) is 4. The van der Waals surface area contributed by atoms with Gasteiger partial charge < -0.3 is 0 Å². The minimum absolute atomic E-state index is 0.113. The molecule has 2 aromatic rings. The van der Waals surface area contributed by atoms with Crippen molar-refractivity contribution in [1.82, 2.24) is 19.6 Å². The zero-order valence-electron chi connectivity index (χ0n) is 10.2. The van der Waals surface area contributed by atoms with Crippen LogP contribution in [-0.4, -0.2) is 19.6 Å². The number of nitrogens with one attached hydrogen (secondary N) is 1. The van der Waals surface area contributed by atoms with Gasteiger partial charge in [-0.15, -0.1) is 4.68 Å². The number of hydrogen-bond acceptors (Lipinski definition) is 4. The van der Waals surface area contributed by atoms with Crippen molar-refractivity contribution in [2.45, 2.75) is 19.8 Å². The maximum Gasteiger partial charge on any atom is 0.416 e. The Morgan fingerprint density at radius 2 is 2.00 bits per heavy atom. The van der Waals surface area contributed by atoms with Gasteiger partial charge in [0.15, 0.2) is 5.82 Å². The summed E-state index contributed by atoms with van der Waals surface area (Å²) >= 11 is 0. The highest BCUT2D eigenvalue weighted by molar-refractivity contribution is 5.63. The third kappa shape index (κ3) is 1.73. The highest BCUT2D eigenvalue weighted by atomic mass is 16.2. The van der Waals surface area contributed by atoms with Crippen molar-refractivity contribution in [3.63, 3.8) is 0 Å². The number of rotatable bonds is 1. The highest BCUT2D eigenvalue weighted by Gasteiger charge is 2.18. The monoisotopic (exact) mass is 236 g/mol. The molecule has 0 aromatic carbocycles. The predicted molar refractivity (Wildman–Crippen MR) is 60.7 cm³/mol. The second-order valence-electron chi connectivity index (χ2n) is 4.24. The van der Waals surface area contributed by atoms with Gasteiger partial charge in [0.05, 0.1) is 0 Å². The van der Waals surface area contributed by atoms with Crippen LogP contribution in [-0.2, 0) is 14.1 Å². The van der Waals surface area contributed by atoms with Gasteiger partial charge in [-0.05, 0) is 0 Å². The number of aromatic amines is 1. The van der Waals surface area contributed by atoms with Gasteiger partial charge in [0.2, 0.25) is 5.52 Å². The van der Waals surface area contributed by atoms with E-state index in [1.54, 1.807) is 7.05 Å². The Hall–Kier alpha value is -2.05. The van der Waals surface area contributed by atoms with E-state index in [0.717, 1.165) is 4.57 Å². The van der Waals surface area contributed by atoms with Gasteiger partial charge in [0.1, 0.15) is 7.05 Å². The zero-order valence-corrected chi connectivity index (χ0v) is 10.2. The summed E-state index contributed by atoms with van der Waals surface area (Å²) in [7, 11) is 3.09. The van der Waals surface area contributed by atoms with E-state index in [9.17, 15) is 9.59 Å². The maximum absolute atomic E-state index is 11.9. The molecule has 0 radical (unpaired) electrons. The number of H-pyrrole nitrogens is 1. The Kier molecular flexibility index (Phi) is 2.53. The van der Waals surface area contributed by atoms with Gasteiger partial charge >= 0.3 is 11.3 Å². The predicted octanol–water partition coefficient (Wildman–Crippen LogP) is -1.04. The van der Waals surface area contributed by atoms with E-state index in [2.05, 4.69) is 15.1 Å². The van der Waals surface area contributed by atoms with Crippen LogP contribution in [0.25, 0.3) is 11.2 Å². The van der Waals surface area contributed by atoms with Crippen LogP contribution in [0.15, 0.2) is 9.59 Å². The summed E-state index contributed by atoms with van der Waals surface area (Å²) in [6, 6.07) is 0. The van der Waals surface area contributed by atoms with Crippen LogP contribution in [0.2, 0.25) is 0 Å².